The van der Waals surface area contributed by atoms with Crippen LogP contribution in [0.2, 0.25) is 0 Å². The van der Waals surface area contributed by atoms with Crippen molar-refractivity contribution in [3.05, 3.63) is 107 Å². The Balaban J connectivity index is 1.56. The molecule has 3 nitrogen and oxygen atoms in total. The number of thioether (sulfide) groups is 1. The van der Waals surface area contributed by atoms with Crippen LogP contribution in [0.3, 0.4) is 0 Å². The van der Waals surface area contributed by atoms with Crippen molar-refractivity contribution in [1.82, 2.24) is 4.98 Å². The summed E-state index contributed by atoms with van der Waals surface area (Å²) in [4.78, 5) is 7.08. The molecule has 34 heavy (non-hydrogen) atoms. The van der Waals surface area contributed by atoms with Crippen molar-refractivity contribution in [2.45, 2.75) is 44.4 Å². The number of furan rings is 1. The van der Waals surface area contributed by atoms with Crippen molar-refractivity contribution in [2.24, 2.45) is 0 Å². The van der Waals surface area contributed by atoms with Crippen LogP contribution in [0, 0.1) is 20.8 Å². The van der Waals surface area contributed by atoms with E-state index >= 15 is 0 Å². The molecule has 0 bridgehead atoms. The molecule has 0 spiro atoms. The fraction of sp³-hybridized carbons (Fsp3) is 0.233. The number of benzene rings is 3. The molecule has 2 unspecified atom stereocenters. The number of pyridine rings is 1. The van der Waals surface area contributed by atoms with Gasteiger partial charge in [-0.2, -0.15) is 0 Å². The fourth-order valence-electron chi connectivity index (χ4n) is 5.47. The van der Waals surface area contributed by atoms with Crippen molar-refractivity contribution in [3.63, 3.8) is 0 Å². The lowest BCUT2D eigenvalue weighted by Crippen LogP contribution is -2.32. The molecule has 3 aromatic carbocycles. The Morgan fingerprint density at radius 2 is 1.59 bits per heavy atom. The number of fused-ring (bicyclic) bond motifs is 3. The molecule has 0 amide bonds. The van der Waals surface area contributed by atoms with Crippen molar-refractivity contribution >= 4 is 39.5 Å². The van der Waals surface area contributed by atoms with Gasteiger partial charge < -0.3 is 9.32 Å². The summed E-state index contributed by atoms with van der Waals surface area (Å²) >= 11 is 2.07. The summed E-state index contributed by atoms with van der Waals surface area (Å²) in [6.07, 6.45) is 1.79. The maximum absolute atomic E-state index is 6.08. The van der Waals surface area contributed by atoms with E-state index in [0.717, 1.165) is 16.4 Å². The molecule has 0 radical (unpaired) electrons. The van der Waals surface area contributed by atoms with Gasteiger partial charge in [0.05, 0.1) is 5.25 Å². The van der Waals surface area contributed by atoms with Gasteiger partial charge in [0.2, 0.25) is 5.71 Å². The molecule has 0 N–H and O–H groups in total. The van der Waals surface area contributed by atoms with Crippen LogP contribution in [-0.2, 0) is 0 Å². The molecule has 0 aliphatic carbocycles. The smallest absolute Gasteiger partial charge is 0.227 e. The van der Waals surface area contributed by atoms with E-state index in [2.05, 4.69) is 116 Å². The first kappa shape index (κ1) is 21.3. The SMILES string of the molecule is Cc1cc2oc3ncccc3c2cc1N1C(c2c(C)cccc2C)SC(c2ccccc2)[C@@H]1C. The van der Waals surface area contributed by atoms with E-state index in [4.69, 9.17) is 4.42 Å². The van der Waals surface area contributed by atoms with Gasteiger partial charge in [-0.25, -0.2) is 4.98 Å². The lowest BCUT2D eigenvalue weighted by atomic mass is 9.98. The maximum atomic E-state index is 6.08. The predicted octanol–water partition coefficient (Wildman–Crippen LogP) is 8.29. The Labute approximate surface area is 204 Å². The van der Waals surface area contributed by atoms with Crippen LogP contribution in [0.1, 0.15) is 45.4 Å². The van der Waals surface area contributed by atoms with Crippen LogP contribution in [0.15, 0.2) is 83.4 Å². The second kappa shape index (κ2) is 8.21. The average Bonchev–Trinajstić information content (AvgIpc) is 3.36. The Bertz CT molecular complexity index is 1490. The topological polar surface area (TPSA) is 29.3 Å². The molecule has 2 aromatic heterocycles. The number of hydrogen-bond acceptors (Lipinski definition) is 4. The second-order valence-electron chi connectivity index (χ2n) is 9.37. The lowest BCUT2D eigenvalue weighted by Gasteiger charge is -2.33. The van der Waals surface area contributed by atoms with E-state index in [0.29, 0.717) is 17.0 Å². The highest BCUT2D eigenvalue weighted by molar-refractivity contribution is 8.00. The zero-order valence-electron chi connectivity index (χ0n) is 19.9. The van der Waals surface area contributed by atoms with Gasteiger partial charge in [-0.05, 0) is 79.8 Å². The summed E-state index contributed by atoms with van der Waals surface area (Å²) in [5.41, 5.74) is 9.60. The van der Waals surface area contributed by atoms with Gasteiger partial charge in [-0.1, -0.05) is 48.5 Å². The first-order chi connectivity index (χ1) is 16.5. The van der Waals surface area contributed by atoms with Crippen LogP contribution in [0.25, 0.3) is 22.1 Å². The Hall–Kier alpha value is -3.24. The molecule has 1 saturated heterocycles. The highest BCUT2D eigenvalue weighted by Gasteiger charge is 2.42. The van der Waals surface area contributed by atoms with Gasteiger partial charge in [0, 0.05) is 28.7 Å². The summed E-state index contributed by atoms with van der Waals surface area (Å²) in [7, 11) is 0. The van der Waals surface area contributed by atoms with Gasteiger partial charge in [0.1, 0.15) is 11.0 Å². The Morgan fingerprint density at radius 3 is 2.35 bits per heavy atom. The Kier molecular flexibility index (Phi) is 5.14. The minimum absolute atomic E-state index is 0.230. The highest BCUT2D eigenvalue weighted by Crippen LogP contribution is 2.56. The molecule has 6 rings (SSSR count). The van der Waals surface area contributed by atoms with Gasteiger partial charge in [0.25, 0.3) is 0 Å². The monoisotopic (exact) mass is 464 g/mol. The predicted molar refractivity (Wildman–Crippen MR) is 144 cm³/mol. The summed E-state index contributed by atoms with van der Waals surface area (Å²) in [6, 6.07) is 26.5. The number of anilines is 1. The highest BCUT2D eigenvalue weighted by atomic mass is 32.2. The molecule has 0 saturated carbocycles. The third kappa shape index (κ3) is 3.32. The third-order valence-corrected chi connectivity index (χ3v) is 8.85. The zero-order valence-corrected chi connectivity index (χ0v) is 20.8. The molecular formula is C30H28N2OS. The molecule has 1 aliphatic rings. The van der Waals surface area contributed by atoms with Crippen molar-refractivity contribution in [3.8, 4) is 0 Å². The quantitative estimate of drug-likeness (QED) is 0.269. The van der Waals surface area contributed by atoms with Gasteiger partial charge in [-0.3, -0.25) is 0 Å². The van der Waals surface area contributed by atoms with Gasteiger partial charge in [0.15, 0.2) is 0 Å². The van der Waals surface area contributed by atoms with E-state index in [1.54, 1.807) is 6.20 Å². The molecule has 170 valence electrons. The first-order valence-corrected chi connectivity index (χ1v) is 12.8. The minimum Gasteiger partial charge on any atom is -0.438 e. The molecule has 4 heteroatoms. The van der Waals surface area contributed by atoms with Gasteiger partial charge >= 0.3 is 0 Å². The second-order valence-corrected chi connectivity index (χ2v) is 10.6. The van der Waals surface area contributed by atoms with E-state index in [-0.39, 0.29) is 5.37 Å². The summed E-state index contributed by atoms with van der Waals surface area (Å²) in [5.74, 6) is 0. The zero-order chi connectivity index (χ0) is 23.4. The van der Waals surface area contributed by atoms with Crippen molar-refractivity contribution in [2.75, 3.05) is 4.90 Å². The minimum atomic E-state index is 0.230. The number of aromatic nitrogens is 1. The standard InChI is InChI=1S/C30H28N2OS/c1-18-10-8-11-19(2)27(18)30-32(21(4)28(34-30)22-12-6-5-7-13-22)25-17-24-23-14-9-15-31-29(23)33-26(24)16-20(25)3/h5-17,21,28,30H,1-4H3/t21-,28?,30?/m0/s1. The molecule has 1 fully saturated rings. The van der Waals surface area contributed by atoms with Gasteiger partial charge in [-0.15, -0.1) is 11.8 Å². The molecule has 3 atom stereocenters. The number of aryl methyl sites for hydroxylation is 3. The fourth-order valence-corrected chi connectivity index (χ4v) is 7.37. The number of rotatable bonds is 3. The summed E-state index contributed by atoms with van der Waals surface area (Å²) < 4.78 is 6.08. The van der Waals surface area contributed by atoms with Crippen molar-refractivity contribution < 1.29 is 4.42 Å². The third-order valence-electron chi connectivity index (χ3n) is 7.17. The van der Waals surface area contributed by atoms with Crippen LogP contribution >= 0.6 is 11.8 Å². The molecule has 5 aromatic rings. The Morgan fingerprint density at radius 1 is 0.824 bits per heavy atom. The number of nitrogens with zero attached hydrogens (tertiary/aromatic N) is 2. The molecule has 3 heterocycles. The average molecular weight is 465 g/mol. The maximum Gasteiger partial charge on any atom is 0.227 e. The van der Waals surface area contributed by atoms with Crippen LogP contribution in [0.5, 0.6) is 0 Å². The van der Waals surface area contributed by atoms with E-state index < -0.39 is 0 Å². The van der Waals surface area contributed by atoms with Crippen LogP contribution < -0.4 is 4.90 Å². The first-order valence-electron chi connectivity index (χ1n) is 11.9. The lowest BCUT2D eigenvalue weighted by molar-refractivity contribution is 0.645. The summed E-state index contributed by atoms with van der Waals surface area (Å²) in [6.45, 7) is 9.06. The van der Waals surface area contributed by atoms with Crippen LogP contribution in [0.4, 0.5) is 5.69 Å². The molecular weight excluding hydrogens is 436 g/mol. The van der Waals surface area contributed by atoms with Crippen molar-refractivity contribution in [1.29, 1.82) is 0 Å². The normalized spacial score (nSPS) is 20.5. The van der Waals surface area contributed by atoms with E-state index in [9.17, 15) is 0 Å². The number of hydrogen-bond donors (Lipinski definition) is 0. The summed E-state index contributed by atoms with van der Waals surface area (Å²) in [5, 5.41) is 2.81. The van der Waals surface area contributed by atoms with Crippen LogP contribution in [-0.4, -0.2) is 11.0 Å². The largest absolute Gasteiger partial charge is 0.438 e. The van der Waals surface area contributed by atoms with E-state index in [1.807, 2.05) is 6.07 Å². The van der Waals surface area contributed by atoms with E-state index in [1.165, 1.54) is 33.5 Å². The molecule has 1 aliphatic heterocycles.